The quantitative estimate of drug-likeness (QED) is 0.280. The maximum Gasteiger partial charge on any atom is 0.307 e. The average molecular weight is 532 g/mol. The number of carbonyl (C=O) groups is 1. The van der Waals surface area contributed by atoms with E-state index in [-0.39, 0.29) is 34.6 Å². The number of hydrogen-bond donors (Lipinski definition) is 1. The summed E-state index contributed by atoms with van der Waals surface area (Å²) in [4.78, 5) is 25.4. The van der Waals surface area contributed by atoms with E-state index in [0.717, 1.165) is 32.1 Å². The van der Waals surface area contributed by atoms with Crippen molar-refractivity contribution in [2.75, 3.05) is 6.54 Å². The van der Waals surface area contributed by atoms with Gasteiger partial charge in [0.05, 0.1) is 10.4 Å². The molecule has 1 saturated carbocycles. The molecule has 2 aliphatic rings. The number of esters is 1. The number of rotatable bonds is 14. The third-order valence-electron chi connectivity index (χ3n) is 7.99. The first kappa shape index (κ1) is 27.8. The van der Waals surface area contributed by atoms with Gasteiger partial charge in [-0.3, -0.25) is 14.2 Å². The first-order chi connectivity index (χ1) is 17.8. The van der Waals surface area contributed by atoms with Gasteiger partial charge >= 0.3 is 5.97 Å². The molecule has 4 rings (SSSR count). The van der Waals surface area contributed by atoms with Crippen LogP contribution in [0.5, 0.6) is 0 Å². The van der Waals surface area contributed by atoms with Gasteiger partial charge in [-0.25, -0.2) is 8.42 Å². The molecule has 0 amide bonds. The first-order valence-electron chi connectivity index (χ1n) is 13.9. The van der Waals surface area contributed by atoms with Crippen LogP contribution < -0.4 is 11.3 Å². The van der Waals surface area contributed by atoms with Gasteiger partial charge in [0.15, 0.2) is 6.73 Å². The molecule has 2 heterocycles. The summed E-state index contributed by atoms with van der Waals surface area (Å²) in [5, 5.41) is 0.660. The second-order valence-electron chi connectivity index (χ2n) is 10.6. The number of pyridine rings is 1. The molecule has 37 heavy (non-hydrogen) atoms. The Hall–Kier alpha value is -2.23. The van der Waals surface area contributed by atoms with E-state index < -0.39 is 15.6 Å². The number of nitrogens with zero attached hydrogens (tertiary/aromatic N) is 2. The zero-order valence-corrected chi connectivity index (χ0v) is 22.8. The molecule has 2 N–H and O–H groups in total. The molecule has 0 radical (unpaired) electrons. The van der Waals surface area contributed by atoms with Crippen molar-refractivity contribution in [1.29, 1.82) is 0 Å². The molecule has 1 aliphatic heterocycles. The SMILES string of the molecule is CCCCCCCCCCCC(=O)OCn1ccc2c(S(=O)(=O)N3CCC(N)C34CC4)cccc2c1=O. The Labute approximate surface area is 220 Å². The molecular weight excluding hydrogens is 490 g/mol. The number of nitrogens with two attached hydrogens (primary N) is 1. The van der Waals surface area contributed by atoms with Gasteiger partial charge in [0.1, 0.15) is 0 Å². The van der Waals surface area contributed by atoms with Crippen LogP contribution in [0.2, 0.25) is 0 Å². The van der Waals surface area contributed by atoms with Crippen LogP contribution in [-0.4, -0.2) is 41.4 Å². The Morgan fingerprint density at radius 1 is 1.03 bits per heavy atom. The van der Waals surface area contributed by atoms with Gasteiger partial charge in [-0.2, -0.15) is 4.31 Å². The number of sulfonamides is 1. The van der Waals surface area contributed by atoms with Crippen LogP contribution >= 0.6 is 0 Å². The second-order valence-corrected chi connectivity index (χ2v) is 12.4. The van der Waals surface area contributed by atoms with Crippen LogP contribution in [0.1, 0.15) is 90.4 Å². The lowest BCUT2D eigenvalue weighted by molar-refractivity contribution is -0.147. The van der Waals surface area contributed by atoms with Crippen LogP contribution in [0.3, 0.4) is 0 Å². The van der Waals surface area contributed by atoms with Crippen molar-refractivity contribution >= 4 is 26.8 Å². The number of carbonyl (C=O) groups excluding carboxylic acids is 1. The fourth-order valence-electron chi connectivity index (χ4n) is 5.57. The summed E-state index contributed by atoms with van der Waals surface area (Å²) in [6, 6.07) is 6.21. The van der Waals surface area contributed by atoms with Crippen molar-refractivity contribution in [3.8, 4) is 0 Å². The molecule has 1 aliphatic carbocycles. The Kier molecular flexibility index (Phi) is 9.08. The molecule has 1 saturated heterocycles. The predicted molar refractivity (Wildman–Crippen MR) is 145 cm³/mol. The van der Waals surface area contributed by atoms with E-state index >= 15 is 0 Å². The van der Waals surface area contributed by atoms with Crippen molar-refractivity contribution in [2.24, 2.45) is 5.73 Å². The van der Waals surface area contributed by atoms with E-state index in [4.69, 9.17) is 10.5 Å². The molecule has 1 spiro atoms. The van der Waals surface area contributed by atoms with E-state index in [2.05, 4.69) is 6.92 Å². The van der Waals surface area contributed by atoms with Crippen LogP contribution in [0.25, 0.3) is 10.8 Å². The minimum Gasteiger partial charge on any atom is -0.444 e. The molecule has 204 valence electrons. The zero-order chi connectivity index (χ0) is 26.5. The van der Waals surface area contributed by atoms with Crippen molar-refractivity contribution < 1.29 is 17.9 Å². The lowest BCUT2D eigenvalue weighted by Crippen LogP contribution is -2.44. The van der Waals surface area contributed by atoms with Crippen LogP contribution in [0.4, 0.5) is 0 Å². The Morgan fingerprint density at radius 3 is 2.38 bits per heavy atom. The monoisotopic (exact) mass is 531 g/mol. The first-order valence-corrected chi connectivity index (χ1v) is 15.3. The molecule has 2 fully saturated rings. The lowest BCUT2D eigenvalue weighted by Gasteiger charge is -2.26. The van der Waals surface area contributed by atoms with Gasteiger partial charge in [-0.15, -0.1) is 0 Å². The second kappa shape index (κ2) is 12.1. The summed E-state index contributed by atoms with van der Waals surface area (Å²) in [6.07, 6.45) is 14.5. The molecule has 9 heteroatoms. The molecule has 2 aromatic rings. The summed E-state index contributed by atoms with van der Waals surface area (Å²) >= 11 is 0. The zero-order valence-electron chi connectivity index (χ0n) is 22.0. The molecular formula is C28H41N3O5S. The van der Waals surface area contributed by atoms with E-state index in [1.54, 1.807) is 28.6 Å². The molecule has 1 unspecified atom stereocenters. The summed E-state index contributed by atoms with van der Waals surface area (Å²) in [5.74, 6) is -0.327. The van der Waals surface area contributed by atoms with Gasteiger partial charge in [-0.05, 0) is 43.9 Å². The molecule has 1 aromatic carbocycles. The molecule has 1 aromatic heterocycles. The highest BCUT2D eigenvalue weighted by Gasteiger charge is 2.60. The number of aromatic nitrogens is 1. The highest BCUT2D eigenvalue weighted by Crippen LogP contribution is 2.51. The minimum atomic E-state index is -3.80. The maximum absolute atomic E-state index is 13.6. The minimum absolute atomic E-state index is 0.122. The van der Waals surface area contributed by atoms with Crippen LogP contribution in [0, 0.1) is 0 Å². The Morgan fingerprint density at radius 2 is 1.70 bits per heavy atom. The number of ether oxygens (including phenoxy) is 1. The smallest absolute Gasteiger partial charge is 0.307 e. The average Bonchev–Trinajstić information content (AvgIpc) is 3.61. The van der Waals surface area contributed by atoms with Crippen molar-refractivity contribution in [1.82, 2.24) is 8.87 Å². The summed E-state index contributed by atoms with van der Waals surface area (Å²) < 4.78 is 35.3. The predicted octanol–water partition coefficient (Wildman–Crippen LogP) is 4.68. The Bertz CT molecular complexity index is 1250. The number of fused-ring (bicyclic) bond motifs is 1. The fourth-order valence-corrected chi connectivity index (χ4v) is 7.66. The van der Waals surface area contributed by atoms with E-state index in [1.165, 1.54) is 49.3 Å². The summed E-state index contributed by atoms with van der Waals surface area (Å²) in [5.41, 5.74) is 5.37. The standard InChI is InChI=1S/C28H41N3O5S/c1-2-3-4-5-6-7-8-9-10-14-26(32)36-21-30-19-15-22-23(27(30)33)12-11-13-24(22)37(34,35)31-20-16-25(29)28(31)17-18-28/h11-13,15,19,25H,2-10,14,16-18,20-21,29H2,1H3. The van der Waals surface area contributed by atoms with Gasteiger partial charge in [0, 0.05) is 36.0 Å². The fraction of sp³-hybridized carbons (Fsp3) is 0.643. The number of benzene rings is 1. The molecule has 0 bridgehead atoms. The Balaban J connectivity index is 1.33. The summed E-state index contributed by atoms with van der Waals surface area (Å²) in [6.45, 7) is 2.42. The molecule has 8 nitrogen and oxygen atoms in total. The summed E-state index contributed by atoms with van der Waals surface area (Å²) in [7, 11) is -3.80. The third kappa shape index (κ3) is 6.10. The molecule has 1 atom stereocenters. The largest absolute Gasteiger partial charge is 0.444 e. The van der Waals surface area contributed by atoms with Gasteiger partial charge in [-0.1, -0.05) is 64.4 Å². The van der Waals surface area contributed by atoms with Gasteiger partial charge in [0.2, 0.25) is 10.0 Å². The highest BCUT2D eigenvalue weighted by atomic mass is 32.2. The van der Waals surface area contributed by atoms with Crippen molar-refractivity contribution in [3.05, 3.63) is 40.8 Å². The van der Waals surface area contributed by atoms with E-state index in [9.17, 15) is 18.0 Å². The van der Waals surface area contributed by atoms with E-state index in [1.807, 2.05) is 0 Å². The van der Waals surface area contributed by atoms with Crippen LogP contribution in [-0.2, 0) is 26.3 Å². The topological polar surface area (TPSA) is 112 Å². The van der Waals surface area contributed by atoms with Crippen molar-refractivity contribution in [3.63, 3.8) is 0 Å². The maximum atomic E-state index is 13.6. The highest BCUT2D eigenvalue weighted by molar-refractivity contribution is 7.89. The van der Waals surface area contributed by atoms with Gasteiger partial charge < -0.3 is 10.5 Å². The lowest BCUT2D eigenvalue weighted by atomic mass is 10.1. The number of hydrogen-bond acceptors (Lipinski definition) is 6. The van der Waals surface area contributed by atoms with E-state index in [0.29, 0.717) is 24.8 Å². The number of unbranched alkanes of at least 4 members (excludes halogenated alkanes) is 8. The van der Waals surface area contributed by atoms with Crippen molar-refractivity contribution in [2.45, 2.75) is 114 Å². The third-order valence-corrected chi connectivity index (χ3v) is 10.0. The van der Waals surface area contributed by atoms with Crippen LogP contribution in [0.15, 0.2) is 40.2 Å². The normalized spacial score (nSPS) is 19.0. The van der Waals surface area contributed by atoms with Gasteiger partial charge in [0.25, 0.3) is 5.56 Å².